The van der Waals surface area contributed by atoms with Gasteiger partial charge in [0.25, 0.3) is 0 Å². The third kappa shape index (κ3) is 3.83. The molecule has 5 heteroatoms. The van der Waals surface area contributed by atoms with Gasteiger partial charge in [0.1, 0.15) is 5.75 Å². The van der Waals surface area contributed by atoms with E-state index in [1.54, 1.807) is 12.1 Å². The van der Waals surface area contributed by atoms with Gasteiger partial charge in [0.2, 0.25) is 0 Å². The minimum atomic E-state index is -3.25. The standard InChI is InChI=1S/C21H27NO3S/c1-15-10-17(13-22(12-15)18-4-3-5-18)20-11-19(26(2,23)24)8-9-21(20)25-14-16-6-7-16/h8-11,13,16,18H,3-7,12,14H2,1-2H3. The van der Waals surface area contributed by atoms with Crippen LogP contribution in [-0.2, 0) is 9.84 Å². The summed E-state index contributed by atoms with van der Waals surface area (Å²) in [6.07, 6.45) is 11.9. The Morgan fingerprint density at radius 3 is 2.58 bits per heavy atom. The van der Waals surface area contributed by atoms with Crippen molar-refractivity contribution in [2.45, 2.75) is 50.0 Å². The fourth-order valence-corrected chi connectivity index (χ4v) is 4.19. The molecule has 4 nitrogen and oxygen atoms in total. The Morgan fingerprint density at radius 1 is 1.19 bits per heavy atom. The monoisotopic (exact) mass is 373 g/mol. The lowest BCUT2D eigenvalue weighted by atomic mass is 9.89. The van der Waals surface area contributed by atoms with Crippen LogP contribution in [0, 0.1) is 5.92 Å². The summed E-state index contributed by atoms with van der Waals surface area (Å²) < 4.78 is 30.2. The van der Waals surface area contributed by atoms with E-state index in [1.165, 1.54) is 43.9 Å². The quantitative estimate of drug-likeness (QED) is 0.755. The predicted octanol–water partition coefficient (Wildman–Crippen LogP) is 4.03. The van der Waals surface area contributed by atoms with Crippen molar-refractivity contribution in [1.29, 1.82) is 0 Å². The van der Waals surface area contributed by atoms with Crippen molar-refractivity contribution < 1.29 is 13.2 Å². The molecule has 1 aromatic rings. The molecule has 0 saturated heterocycles. The SMILES string of the molecule is CC1=CC(c2cc(S(C)(=O)=O)ccc2OCC2CC2)=CN(C2CCC2)C1. The zero-order chi connectivity index (χ0) is 18.3. The highest BCUT2D eigenvalue weighted by atomic mass is 32.2. The number of rotatable bonds is 6. The van der Waals surface area contributed by atoms with Crippen LogP contribution in [0.15, 0.2) is 40.9 Å². The minimum absolute atomic E-state index is 0.346. The second-order valence-electron chi connectivity index (χ2n) is 8.02. The first-order valence-corrected chi connectivity index (χ1v) is 11.4. The van der Waals surface area contributed by atoms with Gasteiger partial charge in [-0.25, -0.2) is 8.42 Å². The number of hydrogen-bond acceptors (Lipinski definition) is 4. The van der Waals surface area contributed by atoms with E-state index in [9.17, 15) is 8.42 Å². The summed E-state index contributed by atoms with van der Waals surface area (Å²) in [7, 11) is -3.25. The van der Waals surface area contributed by atoms with Crippen molar-refractivity contribution in [3.05, 3.63) is 41.6 Å². The van der Waals surface area contributed by atoms with Gasteiger partial charge in [-0.3, -0.25) is 0 Å². The van der Waals surface area contributed by atoms with E-state index in [2.05, 4.69) is 24.1 Å². The van der Waals surface area contributed by atoms with E-state index in [0.717, 1.165) is 23.4 Å². The number of ether oxygens (including phenoxy) is 1. The highest BCUT2D eigenvalue weighted by molar-refractivity contribution is 7.90. The average Bonchev–Trinajstić information content (AvgIpc) is 3.34. The predicted molar refractivity (Wildman–Crippen MR) is 104 cm³/mol. The smallest absolute Gasteiger partial charge is 0.175 e. The van der Waals surface area contributed by atoms with E-state index in [1.807, 2.05) is 6.07 Å². The van der Waals surface area contributed by atoms with Crippen LogP contribution in [0.1, 0.15) is 44.6 Å². The lowest BCUT2D eigenvalue weighted by Crippen LogP contribution is -2.38. The number of sulfone groups is 1. The summed E-state index contributed by atoms with van der Waals surface area (Å²) in [6.45, 7) is 3.82. The van der Waals surface area contributed by atoms with Gasteiger partial charge in [-0.15, -0.1) is 0 Å². The van der Waals surface area contributed by atoms with E-state index >= 15 is 0 Å². The van der Waals surface area contributed by atoms with Crippen molar-refractivity contribution in [1.82, 2.24) is 4.90 Å². The molecule has 0 aromatic heterocycles. The normalized spacial score (nSPS) is 21.1. The van der Waals surface area contributed by atoms with Crippen LogP contribution in [0.2, 0.25) is 0 Å². The van der Waals surface area contributed by atoms with Crippen molar-refractivity contribution in [3.8, 4) is 5.75 Å². The Labute approximate surface area is 156 Å². The van der Waals surface area contributed by atoms with Crippen LogP contribution in [0.5, 0.6) is 5.75 Å². The average molecular weight is 374 g/mol. The van der Waals surface area contributed by atoms with Crippen molar-refractivity contribution in [2.75, 3.05) is 19.4 Å². The highest BCUT2D eigenvalue weighted by Gasteiger charge is 2.27. The lowest BCUT2D eigenvalue weighted by Gasteiger charge is -2.39. The van der Waals surface area contributed by atoms with E-state index in [0.29, 0.717) is 23.5 Å². The molecule has 3 aliphatic rings. The molecule has 0 spiro atoms. The van der Waals surface area contributed by atoms with Crippen LogP contribution >= 0.6 is 0 Å². The molecule has 2 aliphatic carbocycles. The Kier molecular flexibility index (Phi) is 4.59. The number of benzene rings is 1. The fourth-order valence-electron chi connectivity index (χ4n) is 3.54. The molecule has 1 heterocycles. The van der Waals surface area contributed by atoms with Gasteiger partial charge in [-0.2, -0.15) is 0 Å². The van der Waals surface area contributed by atoms with Gasteiger partial charge < -0.3 is 9.64 Å². The molecule has 2 fully saturated rings. The van der Waals surface area contributed by atoms with Crippen LogP contribution in [0.25, 0.3) is 5.57 Å². The maximum Gasteiger partial charge on any atom is 0.175 e. The van der Waals surface area contributed by atoms with Gasteiger partial charge >= 0.3 is 0 Å². The van der Waals surface area contributed by atoms with Gasteiger partial charge in [-0.1, -0.05) is 11.6 Å². The highest BCUT2D eigenvalue weighted by Crippen LogP contribution is 2.37. The van der Waals surface area contributed by atoms with Crippen LogP contribution in [-0.4, -0.2) is 38.8 Å². The zero-order valence-electron chi connectivity index (χ0n) is 15.6. The Morgan fingerprint density at radius 2 is 1.96 bits per heavy atom. The molecule has 1 aliphatic heterocycles. The van der Waals surface area contributed by atoms with Crippen molar-refractivity contribution in [3.63, 3.8) is 0 Å². The Hall–Kier alpha value is -1.75. The summed E-state index contributed by atoms with van der Waals surface area (Å²) in [5, 5.41) is 0. The summed E-state index contributed by atoms with van der Waals surface area (Å²) in [6, 6.07) is 5.87. The largest absolute Gasteiger partial charge is 0.493 e. The molecule has 4 rings (SSSR count). The molecule has 0 amide bonds. The van der Waals surface area contributed by atoms with Gasteiger partial charge in [0.15, 0.2) is 9.84 Å². The second kappa shape index (κ2) is 6.76. The van der Waals surface area contributed by atoms with E-state index < -0.39 is 9.84 Å². The summed E-state index contributed by atoms with van der Waals surface area (Å²) in [4.78, 5) is 2.75. The Bertz CT molecular complexity index is 861. The summed E-state index contributed by atoms with van der Waals surface area (Å²) in [5.41, 5.74) is 3.24. The summed E-state index contributed by atoms with van der Waals surface area (Å²) in [5.74, 6) is 1.44. The molecule has 0 atom stereocenters. The van der Waals surface area contributed by atoms with Gasteiger partial charge in [-0.05, 0) is 63.1 Å². The molecule has 0 radical (unpaired) electrons. The first-order valence-electron chi connectivity index (χ1n) is 9.52. The zero-order valence-corrected chi connectivity index (χ0v) is 16.4. The first-order chi connectivity index (χ1) is 12.4. The number of hydrogen-bond donors (Lipinski definition) is 0. The number of allylic oxidation sites excluding steroid dienone is 2. The fraction of sp³-hybridized carbons (Fsp3) is 0.524. The third-order valence-electron chi connectivity index (χ3n) is 5.54. The lowest BCUT2D eigenvalue weighted by molar-refractivity contribution is 0.195. The van der Waals surface area contributed by atoms with Gasteiger partial charge in [0.05, 0.1) is 11.5 Å². The molecule has 1 aromatic carbocycles. The molecule has 140 valence electrons. The topological polar surface area (TPSA) is 46.6 Å². The van der Waals surface area contributed by atoms with Crippen LogP contribution < -0.4 is 4.74 Å². The maximum atomic E-state index is 12.1. The molecule has 26 heavy (non-hydrogen) atoms. The Balaban J connectivity index is 1.72. The molecule has 0 bridgehead atoms. The number of nitrogens with zero attached hydrogens (tertiary/aromatic N) is 1. The van der Waals surface area contributed by atoms with Crippen LogP contribution in [0.3, 0.4) is 0 Å². The molecular formula is C21H27NO3S. The third-order valence-corrected chi connectivity index (χ3v) is 6.65. The van der Waals surface area contributed by atoms with E-state index in [-0.39, 0.29) is 0 Å². The molecular weight excluding hydrogens is 346 g/mol. The van der Waals surface area contributed by atoms with Crippen molar-refractivity contribution >= 4 is 15.4 Å². The van der Waals surface area contributed by atoms with Gasteiger partial charge in [0, 0.05) is 36.2 Å². The molecule has 0 N–H and O–H groups in total. The first kappa shape index (κ1) is 17.7. The van der Waals surface area contributed by atoms with E-state index in [4.69, 9.17) is 4.74 Å². The minimum Gasteiger partial charge on any atom is -0.493 e. The summed E-state index contributed by atoms with van der Waals surface area (Å²) >= 11 is 0. The van der Waals surface area contributed by atoms with Crippen LogP contribution in [0.4, 0.5) is 0 Å². The molecule has 2 saturated carbocycles. The van der Waals surface area contributed by atoms with Crippen molar-refractivity contribution in [2.24, 2.45) is 5.92 Å². The second-order valence-corrected chi connectivity index (χ2v) is 10.0. The maximum absolute atomic E-state index is 12.1. The molecule has 0 unspecified atom stereocenters.